The highest BCUT2D eigenvalue weighted by Crippen LogP contribution is 2.28. The number of para-hydroxylation sites is 1. The van der Waals surface area contributed by atoms with Crippen molar-refractivity contribution in [2.45, 2.75) is 0 Å². The van der Waals surface area contributed by atoms with Gasteiger partial charge in [0.15, 0.2) is 0 Å². The van der Waals surface area contributed by atoms with Crippen molar-refractivity contribution in [3.05, 3.63) is 35.4 Å². The van der Waals surface area contributed by atoms with Crippen molar-refractivity contribution in [2.24, 2.45) is 0 Å². The summed E-state index contributed by atoms with van der Waals surface area (Å²) in [6, 6.07) is 8.51. The zero-order valence-electron chi connectivity index (χ0n) is 8.22. The van der Waals surface area contributed by atoms with Gasteiger partial charge in [0.1, 0.15) is 11.6 Å². The van der Waals surface area contributed by atoms with Gasteiger partial charge in [-0.1, -0.05) is 23.7 Å². The van der Waals surface area contributed by atoms with E-state index in [9.17, 15) is 0 Å². The van der Waals surface area contributed by atoms with Crippen molar-refractivity contribution in [1.82, 2.24) is 9.97 Å². The normalized spacial score (nSPS) is 10.1. The van der Waals surface area contributed by atoms with Crippen LogP contribution in [0.5, 0.6) is 11.6 Å². The van der Waals surface area contributed by atoms with Crippen LogP contribution < -0.4 is 16.2 Å². The first-order chi connectivity index (χ1) is 7.65. The fraction of sp³-hybridized carbons (Fsp3) is 0. The van der Waals surface area contributed by atoms with Crippen LogP contribution in [0.3, 0.4) is 0 Å². The van der Waals surface area contributed by atoms with Gasteiger partial charge in [-0.3, -0.25) is 0 Å². The predicted molar refractivity (Wildman–Crippen MR) is 62.4 cm³/mol. The number of aromatic nitrogens is 2. The van der Waals surface area contributed by atoms with Gasteiger partial charge in [-0.05, 0) is 12.1 Å². The Kier molecular flexibility index (Phi) is 2.78. The summed E-state index contributed by atoms with van der Waals surface area (Å²) in [6.45, 7) is 0. The lowest BCUT2D eigenvalue weighted by Crippen LogP contribution is -2.00. The summed E-state index contributed by atoms with van der Waals surface area (Å²) in [5.41, 5.74) is 10.9. The molecule has 0 bridgehead atoms. The van der Waals surface area contributed by atoms with Gasteiger partial charge in [-0.15, -0.1) is 0 Å². The van der Waals surface area contributed by atoms with Gasteiger partial charge in [-0.2, -0.15) is 9.97 Å². The molecule has 0 spiro atoms. The lowest BCUT2D eigenvalue weighted by Gasteiger charge is -2.06. The van der Waals surface area contributed by atoms with E-state index in [0.717, 1.165) is 0 Å². The lowest BCUT2D eigenvalue weighted by molar-refractivity contribution is 0.463. The van der Waals surface area contributed by atoms with E-state index in [1.165, 1.54) is 6.07 Å². The molecule has 0 saturated heterocycles. The van der Waals surface area contributed by atoms with E-state index < -0.39 is 0 Å². The molecule has 0 atom stereocenters. The van der Waals surface area contributed by atoms with Crippen molar-refractivity contribution in [3.63, 3.8) is 0 Å². The average molecular weight is 237 g/mol. The first-order valence-electron chi connectivity index (χ1n) is 4.47. The van der Waals surface area contributed by atoms with Crippen LogP contribution in [-0.2, 0) is 0 Å². The first kappa shape index (κ1) is 10.5. The summed E-state index contributed by atoms with van der Waals surface area (Å²) >= 11 is 5.92. The Balaban J connectivity index is 2.30. The van der Waals surface area contributed by atoms with Gasteiger partial charge in [0, 0.05) is 6.07 Å². The fourth-order valence-electron chi connectivity index (χ4n) is 1.15. The smallest absolute Gasteiger partial charge is 0.226 e. The molecule has 0 saturated carbocycles. The van der Waals surface area contributed by atoms with Gasteiger partial charge in [-0.25, -0.2) is 0 Å². The van der Waals surface area contributed by atoms with Crippen LogP contribution in [0, 0.1) is 0 Å². The van der Waals surface area contributed by atoms with E-state index in [4.69, 9.17) is 27.8 Å². The monoisotopic (exact) mass is 236 g/mol. The number of hydrogen-bond donors (Lipinski definition) is 2. The Morgan fingerprint density at radius 1 is 1.12 bits per heavy atom. The molecule has 6 heteroatoms. The molecule has 2 aromatic rings. The number of nitrogens with two attached hydrogens (primary N) is 2. The van der Waals surface area contributed by atoms with Crippen LogP contribution in [0.2, 0.25) is 5.02 Å². The molecule has 0 fully saturated rings. The van der Waals surface area contributed by atoms with Crippen LogP contribution in [0.25, 0.3) is 0 Å². The van der Waals surface area contributed by atoms with Crippen LogP contribution in [-0.4, -0.2) is 9.97 Å². The number of nitrogens with zero attached hydrogens (tertiary/aromatic N) is 2. The average Bonchev–Trinajstić information content (AvgIpc) is 2.20. The third-order valence-electron chi connectivity index (χ3n) is 1.79. The van der Waals surface area contributed by atoms with Gasteiger partial charge < -0.3 is 16.2 Å². The van der Waals surface area contributed by atoms with Gasteiger partial charge in [0.05, 0.1) is 5.02 Å². The zero-order chi connectivity index (χ0) is 11.5. The molecule has 2 rings (SSSR count). The fourth-order valence-corrected chi connectivity index (χ4v) is 1.33. The maximum Gasteiger partial charge on any atom is 0.226 e. The highest BCUT2D eigenvalue weighted by atomic mass is 35.5. The highest BCUT2D eigenvalue weighted by Gasteiger charge is 2.05. The summed E-state index contributed by atoms with van der Waals surface area (Å²) in [5, 5.41) is 0.484. The zero-order valence-corrected chi connectivity index (χ0v) is 8.98. The minimum Gasteiger partial charge on any atom is -0.437 e. The van der Waals surface area contributed by atoms with Crippen molar-refractivity contribution in [1.29, 1.82) is 0 Å². The second-order valence-corrected chi connectivity index (χ2v) is 3.43. The molecule has 0 radical (unpaired) electrons. The Morgan fingerprint density at radius 3 is 2.56 bits per heavy atom. The molecule has 16 heavy (non-hydrogen) atoms. The number of halogens is 1. The molecule has 0 amide bonds. The molecule has 82 valence electrons. The maximum absolute atomic E-state index is 5.92. The number of rotatable bonds is 2. The number of ether oxygens (including phenoxy) is 1. The van der Waals surface area contributed by atoms with Gasteiger partial charge >= 0.3 is 0 Å². The van der Waals surface area contributed by atoms with Crippen molar-refractivity contribution < 1.29 is 4.74 Å². The van der Waals surface area contributed by atoms with Crippen LogP contribution >= 0.6 is 11.6 Å². The molecule has 1 aromatic carbocycles. The number of anilines is 2. The second kappa shape index (κ2) is 4.24. The van der Waals surface area contributed by atoms with Gasteiger partial charge in [0.25, 0.3) is 0 Å². The Labute approximate surface area is 97.0 Å². The van der Waals surface area contributed by atoms with E-state index in [0.29, 0.717) is 10.8 Å². The van der Waals surface area contributed by atoms with Gasteiger partial charge in [0.2, 0.25) is 11.8 Å². The third kappa shape index (κ3) is 2.32. The van der Waals surface area contributed by atoms with Crippen molar-refractivity contribution in [2.75, 3.05) is 11.5 Å². The molecule has 1 aromatic heterocycles. The van der Waals surface area contributed by atoms with Crippen LogP contribution in [0.15, 0.2) is 30.3 Å². The molecular weight excluding hydrogens is 228 g/mol. The highest BCUT2D eigenvalue weighted by molar-refractivity contribution is 6.32. The molecule has 0 unspecified atom stereocenters. The minimum absolute atomic E-state index is 0.0575. The Hall–Kier alpha value is -2.01. The number of hydrogen-bond acceptors (Lipinski definition) is 5. The molecular formula is C10H9ClN4O. The van der Waals surface area contributed by atoms with Crippen molar-refractivity contribution in [3.8, 4) is 11.6 Å². The minimum atomic E-state index is 0.0575. The summed E-state index contributed by atoms with van der Waals surface area (Å²) in [5.74, 6) is 1.05. The Morgan fingerprint density at radius 2 is 1.88 bits per heavy atom. The second-order valence-electron chi connectivity index (χ2n) is 3.02. The van der Waals surface area contributed by atoms with E-state index in [1.807, 2.05) is 0 Å². The molecule has 0 aliphatic rings. The summed E-state index contributed by atoms with van der Waals surface area (Å²) in [6.07, 6.45) is 0. The van der Waals surface area contributed by atoms with Crippen LogP contribution in [0.4, 0.5) is 11.8 Å². The standard InChI is InChI=1S/C10H9ClN4O/c11-6-3-1-2-4-7(6)16-9-5-8(12)14-10(13)15-9/h1-5H,(H4,12,13,14,15). The molecule has 0 aliphatic carbocycles. The van der Waals surface area contributed by atoms with Crippen molar-refractivity contribution >= 4 is 23.4 Å². The number of benzene rings is 1. The predicted octanol–water partition coefficient (Wildman–Crippen LogP) is 2.09. The molecule has 4 N–H and O–H groups in total. The molecule has 0 aliphatic heterocycles. The lowest BCUT2D eigenvalue weighted by atomic mass is 10.3. The quantitative estimate of drug-likeness (QED) is 0.834. The molecule has 5 nitrogen and oxygen atoms in total. The summed E-state index contributed by atoms with van der Waals surface area (Å²) in [7, 11) is 0. The van der Waals surface area contributed by atoms with E-state index in [1.54, 1.807) is 24.3 Å². The first-order valence-corrected chi connectivity index (χ1v) is 4.85. The molecule has 1 heterocycles. The SMILES string of the molecule is Nc1cc(Oc2ccccc2Cl)nc(N)n1. The third-order valence-corrected chi connectivity index (χ3v) is 2.10. The van der Waals surface area contributed by atoms with E-state index >= 15 is 0 Å². The summed E-state index contributed by atoms with van der Waals surface area (Å²) in [4.78, 5) is 7.61. The van der Waals surface area contributed by atoms with E-state index in [2.05, 4.69) is 9.97 Å². The van der Waals surface area contributed by atoms with E-state index in [-0.39, 0.29) is 17.6 Å². The Bertz CT molecular complexity index is 498. The largest absolute Gasteiger partial charge is 0.437 e. The van der Waals surface area contributed by atoms with Crippen LogP contribution in [0.1, 0.15) is 0 Å². The number of nitrogen functional groups attached to an aromatic ring is 2. The summed E-state index contributed by atoms with van der Waals surface area (Å²) < 4.78 is 5.43. The maximum atomic E-state index is 5.92. The topological polar surface area (TPSA) is 87.0 Å².